The number of carbonyl (C=O) groups excluding carboxylic acids is 2. The minimum Gasteiger partial charge on any atom is -0.298 e. The molecule has 4 atom stereocenters. The van der Waals surface area contributed by atoms with Crippen molar-refractivity contribution in [3.05, 3.63) is 22.8 Å². The molecule has 5 aliphatic carbocycles. The van der Waals surface area contributed by atoms with E-state index < -0.39 is 0 Å². The Kier molecular flexibility index (Phi) is 2.02. The Morgan fingerprint density at radius 3 is 2.55 bits per heavy atom. The Hall–Kier alpha value is -1.18. The Morgan fingerprint density at radius 1 is 0.950 bits per heavy atom. The highest BCUT2D eigenvalue weighted by molar-refractivity contribution is 6.08. The standard InChI is InChI=1S/C18H20O2/c19-13-9-10-5-3-4-8-18(10)15-12-7-2-1-6-11(12)14(16(13)18)17(15)20/h9,14-16H,1-8H2/t14-,15+,16+,18-/m1/s1. The van der Waals surface area contributed by atoms with Gasteiger partial charge in [-0.2, -0.15) is 0 Å². The summed E-state index contributed by atoms with van der Waals surface area (Å²) in [6, 6.07) is 0. The second-order valence-electron chi connectivity index (χ2n) is 7.37. The van der Waals surface area contributed by atoms with E-state index in [1.165, 1.54) is 42.4 Å². The molecule has 0 N–H and O–H groups in total. The molecule has 5 aliphatic rings. The number of ketones is 2. The first-order valence-corrected chi connectivity index (χ1v) is 8.25. The maximum absolute atomic E-state index is 12.9. The van der Waals surface area contributed by atoms with Gasteiger partial charge in [-0.3, -0.25) is 9.59 Å². The molecule has 2 bridgehead atoms. The molecule has 0 aromatic rings. The van der Waals surface area contributed by atoms with Crippen molar-refractivity contribution in [2.24, 2.45) is 23.2 Å². The lowest BCUT2D eigenvalue weighted by atomic mass is 9.57. The molecule has 0 amide bonds. The largest absolute Gasteiger partial charge is 0.298 e. The van der Waals surface area contributed by atoms with Crippen LogP contribution in [0.4, 0.5) is 0 Å². The zero-order valence-electron chi connectivity index (χ0n) is 11.8. The van der Waals surface area contributed by atoms with Crippen molar-refractivity contribution in [3.63, 3.8) is 0 Å². The fraction of sp³-hybridized carbons (Fsp3) is 0.667. The third kappa shape index (κ3) is 1.03. The third-order valence-electron chi connectivity index (χ3n) is 6.78. The van der Waals surface area contributed by atoms with Crippen LogP contribution in [0, 0.1) is 23.2 Å². The fourth-order valence-electron chi connectivity index (χ4n) is 6.26. The first-order valence-electron chi connectivity index (χ1n) is 8.25. The smallest absolute Gasteiger partial charge is 0.160 e. The molecular weight excluding hydrogens is 248 g/mol. The molecule has 0 aliphatic heterocycles. The van der Waals surface area contributed by atoms with Crippen LogP contribution in [0.5, 0.6) is 0 Å². The number of carbonyl (C=O) groups is 2. The van der Waals surface area contributed by atoms with Crippen molar-refractivity contribution in [1.82, 2.24) is 0 Å². The minimum absolute atomic E-state index is 0.00662. The Bertz CT molecular complexity index is 609. The molecule has 2 fully saturated rings. The number of hydrogen-bond donors (Lipinski definition) is 0. The van der Waals surface area contributed by atoms with E-state index in [-0.39, 0.29) is 29.0 Å². The van der Waals surface area contributed by atoms with E-state index in [1.54, 1.807) is 0 Å². The molecule has 5 rings (SSSR count). The van der Waals surface area contributed by atoms with Gasteiger partial charge in [-0.25, -0.2) is 0 Å². The normalized spacial score (nSPS) is 45.4. The van der Waals surface area contributed by atoms with Crippen LogP contribution in [0.3, 0.4) is 0 Å². The lowest BCUT2D eigenvalue weighted by molar-refractivity contribution is -0.124. The maximum Gasteiger partial charge on any atom is 0.160 e. The van der Waals surface area contributed by atoms with Crippen LogP contribution in [0.15, 0.2) is 22.8 Å². The van der Waals surface area contributed by atoms with Crippen LogP contribution >= 0.6 is 0 Å². The zero-order chi connectivity index (χ0) is 13.5. The first-order chi connectivity index (χ1) is 9.75. The maximum atomic E-state index is 12.9. The number of Topliss-reactive ketones (excluding diaryl/α,β-unsaturated/α-hetero) is 1. The van der Waals surface area contributed by atoms with Crippen molar-refractivity contribution < 1.29 is 9.59 Å². The average molecular weight is 268 g/mol. The van der Waals surface area contributed by atoms with Gasteiger partial charge in [0, 0.05) is 17.3 Å². The highest BCUT2D eigenvalue weighted by atomic mass is 16.1. The summed E-state index contributed by atoms with van der Waals surface area (Å²) in [6.07, 6.45) is 11.1. The van der Waals surface area contributed by atoms with E-state index in [0.29, 0.717) is 5.78 Å². The van der Waals surface area contributed by atoms with E-state index in [2.05, 4.69) is 0 Å². The van der Waals surface area contributed by atoms with E-state index in [1.807, 2.05) is 6.08 Å². The second kappa shape index (κ2) is 3.52. The lowest BCUT2D eigenvalue weighted by Gasteiger charge is -2.45. The summed E-state index contributed by atoms with van der Waals surface area (Å²) in [5.41, 5.74) is 4.17. The van der Waals surface area contributed by atoms with E-state index in [9.17, 15) is 9.59 Å². The minimum atomic E-state index is -0.0484. The molecule has 0 aromatic heterocycles. The summed E-state index contributed by atoms with van der Waals surface area (Å²) in [5.74, 6) is 0.787. The molecule has 0 radical (unpaired) electrons. The summed E-state index contributed by atoms with van der Waals surface area (Å²) in [5, 5.41) is 0. The van der Waals surface area contributed by atoms with E-state index in [0.717, 1.165) is 25.7 Å². The van der Waals surface area contributed by atoms with Gasteiger partial charge in [0.1, 0.15) is 5.78 Å². The molecule has 2 saturated carbocycles. The van der Waals surface area contributed by atoms with Crippen molar-refractivity contribution >= 4 is 11.6 Å². The summed E-state index contributed by atoms with van der Waals surface area (Å²) in [4.78, 5) is 25.5. The van der Waals surface area contributed by atoms with Gasteiger partial charge in [0.15, 0.2) is 5.78 Å². The monoisotopic (exact) mass is 268 g/mol. The Balaban J connectivity index is 1.74. The molecule has 20 heavy (non-hydrogen) atoms. The van der Waals surface area contributed by atoms with Gasteiger partial charge in [0.2, 0.25) is 0 Å². The van der Waals surface area contributed by atoms with Crippen molar-refractivity contribution in [2.75, 3.05) is 0 Å². The summed E-state index contributed by atoms with van der Waals surface area (Å²) < 4.78 is 0. The Morgan fingerprint density at radius 2 is 1.70 bits per heavy atom. The lowest BCUT2D eigenvalue weighted by Crippen LogP contribution is -2.40. The number of allylic oxidation sites excluding steroid dienone is 4. The predicted octanol–water partition coefficient (Wildman–Crippen LogP) is 3.37. The molecule has 0 aromatic carbocycles. The topological polar surface area (TPSA) is 34.1 Å². The molecule has 0 saturated heterocycles. The molecule has 1 spiro atoms. The van der Waals surface area contributed by atoms with Crippen LogP contribution < -0.4 is 0 Å². The van der Waals surface area contributed by atoms with E-state index >= 15 is 0 Å². The van der Waals surface area contributed by atoms with Gasteiger partial charge >= 0.3 is 0 Å². The number of hydrogen-bond acceptors (Lipinski definition) is 2. The summed E-state index contributed by atoms with van der Waals surface area (Å²) in [7, 11) is 0. The molecule has 0 unspecified atom stereocenters. The van der Waals surface area contributed by atoms with Gasteiger partial charge in [0.25, 0.3) is 0 Å². The predicted molar refractivity (Wildman–Crippen MR) is 75.0 cm³/mol. The van der Waals surface area contributed by atoms with Crippen molar-refractivity contribution in [1.29, 1.82) is 0 Å². The van der Waals surface area contributed by atoms with Crippen LogP contribution in [0.25, 0.3) is 0 Å². The van der Waals surface area contributed by atoms with Gasteiger partial charge in [-0.15, -0.1) is 0 Å². The van der Waals surface area contributed by atoms with Crippen LogP contribution in [-0.4, -0.2) is 11.6 Å². The van der Waals surface area contributed by atoms with Crippen molar-refractivity contribution in [2.45, 2.75) is 51.4 Å². The summed E-state index contributed by atoms with van der Waals surface area (Å²) >= 11 is 0. The highest BCUT2D eigenvalue weighted by Gasteiger charge is 2.70. The van der Waals surface area contributed by atoms with Gasteiger partial charge in [-0.05, 0) is 51.0 Å². The quantitative estimate of drug-likeness (QED) is 0.631. The summed E-state index contributed by atoms with van der Waals surface area (Å²) in [6.45, 7) is 0. The van der Waals surface area contributed by atoms with Crippen LogP contribution in [0.1, 0.15) is 51.4 Å². The van der Waals surface area contributed by atoms with Crippen LogP contribution in [0.2, 0.25) is 0 Å². The van der Waals surface area contributed by atoms with Gasteiger partial charge in [-0.1, -0.05) is 23.1 Å². The number of rotatable bonds is 0. The van der Waals surface area contributed by atoms with Crippen LogP contribution in [-0.2, 0) is 9.59 Å². The molecular formula is C18H20O2. The zero-order valence-corrected chi connectivity index (χ0v) is 11.8. The molecule has 2 heteroatoms. The third-order valence-corrected chi connectivity index (χ3v) is 6.78. The average Bonchev–Trinajstić information content (AvgIpc) is 3.00. The molecule has 104 valence electrons. The van der Waals surface area contributed by atoms with E-state index in [4.69, 9.17) is 0 Å². The first kappa shape index (κ1) is 11.5. The Labute approximate surface area is 119 Å². The SMILES string of the molecule is O=C1[C@@H]2C3=C(CCCC3)[C@@H]1[C@@]13CCCCC1=CC(=O)[C@@H]23. The number of fused-ring (bicyclic) bond motifs is 5. The molecule has 0 heterocycles. The second-order valence-corrected chi connectivity index (χ2v) is 7.37. The van der Waals surface area contributed by atoms with Gasteiger partial charge < -0.3 is 0 Å². The van der Waals surface area contributed by atoms with Gasteiger partial charge in [0.05, 0.1) is 5.92 Å². The van der Waals surface area contributed by atoms with Crippen molar-refractivity contribution in [3.8, 4) is 0 Å². The molecule has 2 nitrogen and oxygen atoms in total. The fourth-order valence-corrected chi connectivity index (χ4v) is 6.26. The highest BCUT2D eigenvalue weighted by Crippen LogP contribution is 2.70.